The molecule has 0 aliphatic carbocycles. The number of halogens is 1. The molecule has 0 heterocycles. The van der Waals surface area contributed by atoms with Crippen molar-refractivity contribution in [1.82, 2.24) is 0 Å². The Morgan fingerprint density at radius 3 is 2.71 bits per heavy atom. The first kappa shape index (κ1) is 15.4. The van der Waals surface area contributed by atoms with Gasteiger partial charge in [-0.3, -0.25) is 4.21 Å². The van der Waals surface area contributed by atoms with Crippen LogP contribution in [-0.4, -0.2) is 11.3 Å². The molecule has 2 aromatic rings. The molecule has 0 aromatic heterocycles. The van der Waals surface area contributed by atoms with E-state index in [-0.39, 0.29) is 5.75 Å². The molecule has 0 amide bonds. The van der Waals surface area contributed by atoms with E-state index in [1.807, 2.05) is 0 Å². The van der Waals surface area contributed by atoms with Crippen molar-refractivity contribution in [1.29, 1.82) is 5.26 Å². The van der Waals surface area contributed by atoms with Crippen LogP contribution < -0.4 is 10.5 Å². The van der Waals surface area contributed by atoms with Crippen molar-refractivity contribution in [2.45, 2.75) is 10.6 Å². The summed E-state index contributed by atoms with van der Waals surface area (Å²) in [6.07, 6.45) is 0. The largest absolute Gasteiger partial charge is 0.495 e. The van der Waals surface area contributed by atoms with E-state index < -0.39 is 10.8 Å². The van der Waals surface area contributed by atoms with Crippen molar-refractivity contribution in [2.75, 3.05) is 12.8 Å². The molecule has 0 bridgehead atoms. The Kier molecular flexibility index (Phi) is 4.84. The molecule has 21 heavy (non-hydrogen) atoms. The van der Waals surface area contributed by atoms with E-state index in [4.69, 9.17) is 27.3 Å². The fourth-order valence-electron chi connectivity index (χ4n) is 1.86. The van der Waals surface area contributed by atoms with Crippen LogP contribution in [0.15, 0.2) is 41.3 Å². The molecular weight excluding hydrogens is 308 g/mol. The fraction of sp³-hybridized carbons (Fsp3) is 0.133. The third kappa shape index (κ3) is 3.54. The number of benzene rings is 2. The number of nitrogen functional groups attached to an aromatic ring is 1. The van der Waals surface area contributed by atoms with E-state index in [0.29, 0.717) is 26.9 Å². The first-order valence-corrected chi connectivity index (χ1v) is 7.75. The van der Waals surface area contributed by atoms with Gasteiger partial charge in [0, 0.05) is 5.69 Å². The average molecular weight is 321 g/mol. The second-order valence-electron chi connectivity index (χ2n) is 4.33. The summed E-state index contributed by atoms with van der Waals surface area (Å²) in [4.78, 5) is 0.528. The number of hydrogen-bond donors (Lipinski definition) is 1. The van der Waals surface area contributed by atoms with E-state index in [1.165, 1.54) is 7.11 Å². The molecule has 2 N–H and O–H groups in total. The quantitative estimate of drug-likeness (QED) is 0.878. The number of rotatable bonds is 4. The maximum atomic E-state index is 12.4. The summed E-state index contributed by atoms with van der Waals surface area (Å²) >= 11 is 6.05. The minimum atomic E-state index is -1.31. The van der Waals surface area contributed by atoms with Crippen LogP contribution in [0, 0.1) is 11.3 Å². The fourth-order valence-corrected chi connectivity index (χ4v) is 3.44. The van der Waals surface area contributed by atoms with Crippen molar-refractivity contribution in [3.8, 4) is 11.8 Å². The molecule has 0 aliphatic rings. The highest BCUT2D eigenvalue weighted by Gasteiger charge is 2.11. The van der Waals surface area contributed by atoms with Gasteiger partial charge in [-0.1, -0.05) is 17.7 Å². The van der Waals surface area contributed by atoms with Gasteiger partial charge in [0.15, 0.2) is 0 Å². The van der Waals surface area contributed by atoms with Gasteiger partial charge in [-0.05, 0) is 35.9 Å². The van der Waals surface area contributed by atoms with Crippen molar-refractivity contribution < 1.29 is 8.95 Å². The van der Waals surface area contributed by atoms with Crippen molar-refractivity contribution in [3.05, 3.63) is 52.5 Å². The predicted molar refractivity (Wildman–Crippen MR) is 83.7 cm³/mol. The second-order valence-corrected chi connectivity index (χ2v) is 6.15. The Labute approximate surface area is 130 Å². The summed E-state index contributed by atoms with van der Waals surface area (Å²) < 4.78 is 17.5. The first-order valence-electron chi connectivity index (χ1n) is 6.05. The van der Waals surface area contributed by atoms with E-state index in [9.17, 15) is 4.21 Å². The van der Waals surface area contributed by atoms with Crippen LogP contribution in [0.2, 0.25) is 5.02 Å². The summed E-state index contributed by atoms with van der Waals surface area (Å²) in [7, 11) is 0.191. The zero-order chi connectivity index (χ0) is 15.4. The monoisotopic (exact) mass is 320 g/mol. The average Bonchev–Trinajstić information content (AvgIpc) is 2.46. The number of methoxy groups -OCH3 is 1. The minimum absolute atomic E-state index is 0.266. The van der Waals surface area contributed by atoms with Gasteiger partial charge in [-0.15, -0.1) is 0 Å². The van der Waals surface area contributed by atoms with Crippen LogP contribution in [0.4, 0.5) is 5.69 Å². The lowest BCUT2D eigenvalue weighted by atomic mass is 10.1. The highest BCUT2D eigenvalue weighted by atomic mass is 35.5. The molecule has 1 unspecified atom stereocenters. The summed E-state index contributed by atoms with van der Waals surface area (Å²) in [6, 6.07) is 12.1. The van der Waals surface area contributed by atoms with E-state index >= 15 is 0 Å². The highest BCUT2D eigenvalue weighted by Crippen LogP contribution is 2.25. The SMILES string of the molecule is COc1ccc(CS(=O)c2ccc(N)cc2Cl)cc1C#N. The molecule has 2 aromatic carbocycles. The third-order valence-electron chi connectivity index (χ3n) is 2.88. The highest BCUT2D eigenvalue weighted by molar-refractivity contribution is 7.84. The molecule has 2 rings (SSSR count). The van der Waals surface area contributed by atoms with Gasteiger partial charge in [-0.25, -0.2) is 0 Å². The lowest BCUT2D eigenvalue weighted by Gasteiger charge is -2.08. The maximum Gasteiger partial charge on any atom is 0.136 e. The van der Waals surface area contributed by atoms with Crippen LogP contribution in [0.3, 0.4) is 0 Å². The van der Waals surface area contributed by atoms with E-state index in [0.717, 1.165) is 5.56 Å². The Morgan fingerprint density at radius 2 is 2.10 bits per heavy atom. The normalized spacial score (nSPS) is 11.7. The molecule has 0 spiro atoms. The Bertz CT molecular complexity index is 741. The van der Waals surface area contributed by atoms with Gasteiger partial charge in [0.25, 0.3) is 0 Å². The van der Waals surface area contributed by atoms with E-state index in [2.05, 4.69) is 6.07 Å². The number of nitrogens with two attached hydrogens (primary N) is 1. The van der Waals surface area contributed by atoms with Gasteiger partial charge in [-0.2, -0.15) is 5.26 Å². The molecule has 0 fully saturated rings. The van der Waals surface area contributed by atoms with E-state index in [1.54, 1.807) is 36.4 Å². The zero-order valence-electron chi connectivity index (χ0n) is 11.3. The summed E-state index contributed by atoms with van der Waals surface area (Å²) in [5.74, 6) is 0.764. The zero-order valence-corrected chi connectivity index (χ0v) is 12.9. The molecule has 0 radical (unpaired) electrons. The Balaban J connectivity index is 2.26. The summed E-state index contributed by atoms with van der Waals surface area (Å²) in [5.41, 5.74) is 7.33. The van der Waals surface area contributed by atoms with Gasteiger partial charge in [0.2, 0.25) is 0 Å². The third-order valence-corrected chi connectivity index (χ3v) is 4.75. The number of hydrogen-bond acceptors (Lipinski definition) is 4. The Hall–Kier alpha value is -2.03. The van der Waals surface area contributed by atoms with Crippen LogP contribution in [0.5, 0.6) is 5.75 Å². The molecule has 0 aliphatic heterocycles. The second kappa shape index (κ2) is 6.61. The van der Waals surface area contributed by atoms with Gasteiger partial charge in [0.05, 0.1) is 39.1 Å². The minimum Gasteiger partial charge on any atom is -0.495 e. The summed E-state index contributed by atoms with van der Waals surface area (Å²) in [5, 5.41) is 9.44. The topological polar surface area (TPSA) is 76.1 Å². The van der Waals surface area contributed by atoms with Crippen molar-refractivity contribution in [3.63, 3.8) is 0 Å². The predicted octanol–water partition coefficient (Wildman–Crippen LogP) is 3.11. The molecule has 6 heteroatoms. The molecule has 4 nitrogen and oxygen atoms in total. The first-order chi connectivity index (χ1) is 10.0. The molecular formula is C15H13ClN2O2S. The lowest BCUT2D eigenvalue weighted by Crippen LogP contribution is -1.99. The van der Waals surface area contributed by atoms with Gasteiger partial charge >= 0.3 is 0 Å². The lowest BCUT2D eigenvalue weighted by molar-refractivity contribution is 0.413. The van der Waals surface area contributed by atoms with Crippen LogP contribution in [-0.2, 0) is 16.6 Å². The maximum absolute atomic E-state index is 12.4. The van der Waals surface area contributed by atoms with Gasteiger partial charge < -0.3 is 10.5 Å². The summed E-state index contributed by atoms with van der Waals surface area (Å²) in [6.45, 7) is 0. The number of nitrogens with zero attached hydrogens (tertiary/aromatic N) is 1. The molecule has 108 valence electrons. The molecule has 0 saturated carbocycles. The smallest absolute Gasteiger partial charge is 0.136 e. The number of anilines is 1. The molecule has 1 atom stereocenters. The molecule has 0 saturated heterocycles. The number of ether oxygens (including phenoxy) is 1. The van der Waals surface area contributed by atoms with Crippen molar-refractivity contribution in [2.24, 2.45) is 0 Å². The number of nitriles is 1. The van der Waals surface area contributed by atoms with Crippen LogP contribution in [0.25, 0.3) is 0 Å². The van der Waals surface area contributed by atoms with Crippen molar-refractivity contribution >= 4 is 28.1 Å². The standard InChI is InChI=1S/C15H13ClN2O2S/c1-20-14-4-2-10(6-11(14)8-17)9-21(19)15-5-3-12(18)7-13(15)16/h2-7H,9,18H2,1H3. The van der Waals surface area contributed by atoms with Gasteiger partial charge in [0.1, 0.15) is 11.8 Å². The van der Waals surface area contributed by atoms with Crippen LogP contribution >= 0.6 is 11.6 Å². The van der Waals surface area contributed by atoms with Crippen LogP contribution in [0.1, 0.15) is 11.1 Å². The Morgan fingerprint density at radius 1 is 1.33 bits per heavy atom.